The molecule has 3 N–H and O–H groups in total. The van der Waals surface area contributed by atoms with Crippen molar-refractivity contribution < 1.29 is 24.2 Å². The Hall–Kier alpha value is -4.08. The van der Waals surface area contributed by atoms with E-state index in [1.165, 1.54) is 6.07 Å². The normalized spacial score (nSPS) is 17.8. The minimum absolute atomic E-state index is 0.245. The van der Waals surface area contributed by atoms with E-state index >= 15 is 0 Å². The second-order valence-electron chi connectivity index (χ2n) is 8.86. The zero-order chi connectivity index (χ0) is 26.1. The Morgan fingerprint density at radius 1 is 1.08 bits per heavy atom. The van der Waals surface area contributed by atoms with E-state index in [4.69, 9.17) is 14.6 Å². The molecule has 0 aromatic heterocycles. The number of carbonyl (C=O) groups is 2. The second kappa shape index (κ2) is 12.6. The SMILES string of the molecule is COCC(Nc1ccc(C(=O)NCC2CCC(C(=O)O)CC2)cc1C#N)c1cc(C#N)ccc1OC. The molecule has 36 heavy (non-hydrogen) atoms. The summed E-state index contributed by atoms with van der Waals surface area (Å²) in [4.78, 5) is 23.9. The monoisotopic (exact) mass is 490 g/mol. The van der Waals surface area contributed by atoms with Crippen molar-refractivity contribution in [2.45, 2.75) is 31.7 Å². The number of hydrogen-bond donors (Lipinski definition) is 3. The van der Waals surface area contributed by atoms with Gasteiger partial charge in [0.25, 0.3) is 5.91 Å². The molecule has 1 fully saturated rings. The molecule has 2 aromatic rings. The largest absolute Gasteiger partial charge is 0.496 e. The van der Waals surface area contributed by atoms with Crippen molar-refractivity contribution in [2.24, 2.45) is 11.8 Å². The maximum atomic E-state index is 12.7. The van der Waals surface area contributed by atoms with Crippen LogP contribution in [0.2, 0.25) is 0 Å². The van der Waals surface area contributed by atoms with E-state index in [0.717, 1.165) is 12.8 Å². The van der Waals surface area contributed by atoms with E-state index in [2.05, 4.69) is 22.8 Å². The third kappa shape index (κ3) is 6.53. The molecule has 1 unspecified atom stereocenters. The summed E-state index contributed by atoms with van der Waals surface area (Å²) in [6.45, 7) is 0.723. The summed E-state index contributed by atoms with van der Waals surface area (Å²) in [5.41, 5.74) is 2.36. The van der Waals surface area contributed by atoms with Crippen LogP contribution in [0.4, 0.5) is 5.69 Å². The molecule has 9 nitrogen and oxygen atoms in total. The van der Waals surface area contributed by atoms with E-state index in [9.17, 15) is 20.1 Å². The van der Waals surface area contributed by atoms with E-state index < -0.39 is 12.0 Å². The zero-order valence-electron chi connectivity index (χ0n) is 20.4. The number of ether oxygens (including phenoxy) is 2. The third-order valence-corrected chi connectivity index (χ3v) is 6.55. The molecule has 1 saturated carbocycles. The molecule has 2 aromatic carbocycles. The highest BCUT2D eigenvalue weighted by molar-refractivity contribution is 5.95. The number of methoxy groups -OCH3 is 2. The van der Waals surface area contributed by atoms with Crippen LogP contribution in [0.15, 0.2) is 36.4 Å². The molecule has 0 aliphatic heterocycles. The molecule has 1 amide bonds. The van der Waals surface area contributed by atoms with Gasteiger partial charge >= 0.3 is 5.97 Å². The third-order valence-electron chi connectivity index (χ3n) is 6.55. The Balaban J connectivity index is 1.71. The maximum absolute atomic E-state index is 12.7. The van der Waals surface area contributed by atoms with Crippen LogP contribution in [-0.4, -0.2) is 44.4 Å². The standard InChI is InChI=1S/C27H30N4O5/c1-35-16-24(22-11-18(13-28)5-10-25(22)36-2)31-23-9-8-20(12-21(23)14-29)26(32)30-15-17-3-6-19(7-4-17)27(33)34/h5,8-12,17,19,24,31H,3-4,6-7,15-16H2,1-2H3,(H,30,32)(H,33,34). The second-order valence-corrected chi connectivity index (χ2v) is 8.86. The number of aliphatic carboxylic acids is 1. The number of carboxylic acids is 1. The summed E-state index contributed by atoms with van der Waals surface area (Å²) < 4.78 is 10.8. The molecular formula is C27H30N4O5. The number of carboxylic acid groups (broad SMARTS) is 1. The number of nitrogens with zero attached hydrogens (tertiary/aromatic N) is 2. The smallest absolute Gasteiger partial charge is 0.306 e. The molecule has 0 radical (unpaired) electrons. The molecule has 0 bridgehead atoms. The molecule has 1 aliphatic carbocycles. The Morgan fingerprint density at radius 3 is 2.44 bits per heavy atom. The van der Waals surface area contributed by atoms with Crippen molar-refractivity contribution in [3.05, 3.63) is 58.7 Å². The molecule has 188 valence electrons. The van der Waals surface area contributed by atoms with Crippen LogP contribution in [0.25, 0.3) is 0 Å². The summed E-state index contributed by atoms with van der Waals surface area (Å²) >= 11 is 0. The minimum Gasteiger partial charge on any atom is -0.496 e. The summed E-state index contributed by atoms with van der Waals surface area (Å²) in [6.07, 6.45) is 2.78. The number of carbonyl (C=O) groups excluding carboxylic acids is 1. The van der Waals surface area contributed by atoms with Crippen LogP contribution in [0.5, 0.6) is 5.75 Å². The quantitative estimate of drug-likeness (QED) is 0.455. The summed E-state index contributed by atoms with van der Waals surface area (Å²) in [7, 11) is 3.10. The van der Waals surface area contributed by atoms with Crippen LogP contribution >= 0.6 is 0 Å². The van der Waals surface area contributed by atoms with Gasteiger partial charge in [-0.25, -0.2) is 0 Å². The maximum Gasteiger partial charge on any atom is 0.306 e. The highest BCUT2D eigenvalue weighted by Gasteiger charge is 2.26. The lowest BCUT2D eigenvalue weighted by molar-refractivity contribution is -0.143. The van der Waals surface area contributed by atoms with Crippen LogP contribution in [-0.2, 0) is 9.53 Å². The number of benzene rings is 2. The number of rotatable bonds is 10. The van der Waals surface area contributed by atoms with Gasteiger partial charge in [-0.3, -0.25) is 9.59 Å². The van der Waals surface area contributed by atoms with Crippen LogP contribution in [0.3, 0.4) is 0 Å². The van der Waals surface area contributed by atoms with Crippen LogP contribution in [0, 0.1) is 34.5 Å². The molecule has 0 heterocycles. The predicted octanol–water partition coefficient (Wildman–Crippen LogP) is 3.86. The predicted molar refractivity (Wildman–Crippen MR) is 133 cm³/mol. The van der Waals surface area contributed by atoms with Crippen molar-refractivity contribution in [1.82, 2.24) is 5.32 Å². The first kappa shape index (κ1) is 26.5. The Labute approximate surface area is 210 Å². The molecule has 9 heteroatoms. The lowest BCUT2D eigenvalue weighted by atomic mass is 9.82. The molecule has 1 atom stereocenters. The van der Waals surface area contributed by atoms with Gasteiger partial charge in [-0.1, -0.05) is 0 Å². The van der Waals surface area contributed by atoms with Gasteiger partial charge < -0.3 is 25.2 Å². The highest BCUT2D eigenvalue weighted by atomic mass is 16.5. The number of nitrogens with one attached hydrogen (secondary N) is 2. The van der Waals surface area contributed by atoms with E-state index in [1.54, 1.807) is 44.6 Å². The lowest BCUT2D eigenvalue weighted by Crippen LogP contribution is -2.32. The van der Waals surface area contributed by atoms with Gasteiger partial charge in [0.15, 0.2) is 0 Å². The van der Waals surface area contributed by atoms with Gasteiger partial charge in [0.1, 0.15) is 11.8 Å². The van der Waals surface area contributed by atoms with Crippen molar-refractivity contribution in [1.29, 1.82) is 10.5 Å². The molecule has 3 rings (SSSR count). The number of anilines is 1. The van der Waals surface area contributed by atoms with Gasteiger partial charge in [-0.05, 0) is 68.0 Å². The lowest BCUT2D eigenvalue weighted by Gasteiger charge is -2.26. The van der Waals surface area contributed by atoms with Crippen molar-refractivity contribution >= 4 is 17.6 Å². The van der Waals surface area contributed by atoms with E-state index in [1.807, 2.05) is 0 Å². The fraction of sp³-hybridized carbons (Fsp3) is 0.407. The number of hydrogen-bond acceptors (Lipinski definition) is 7. The number of nitriles is 2. The Bertz CT molecular complexity index is 1180. The zero-order valence-corrected chi connectivity index (χ0v) is 20.4. The van der Waals surface area contributed by atoms with Crippen LogP contribution in [0.1, 0.15) is 58.8 Å². The molecule has 0 spiro atoms. The summed E-state index contributed by atoms with van der Waals surface area (Å²) in [5, 5.41) is 34.4. The average molecular weight is 491 g/mol. The van der Waals surface area contributed by atoms with Crippen LogP contribution < -0.4 is 15.4 Å². The van der Waals surface area contributed by atoms with Gasteiger partial charge in [0.05, 0.1) is 48.6 Å². The van der Waals surface area contributed by atoms with Gasteiger partial charge in [0.2, 0.25) is 0 Å². The first-order chi connectivity index (χ1) is 17.4. The Morgan fingerprint density at radius 2 is 1.83 bits per heavy atom. The number of amides is 1. The fourth-order valence-electron chi connectivity index (χ4n) is 4.50. The van der Waals surface area contributed by atoms with E-state index in [-0.39, 0.29) is 24.3 Å². The van der Waals surface area contributed by atoms with Crippen molar-refractivity contribution in [3.8, 4) is 17.9 Å². The minimum atomic E-state index is -0.751. The highest BCUT2D eigenvalue weighted by Crippen LogP contribution is 2.31. The molecular weight excluding hydrogens is 460 g/mol. The fourth-order valence-corrected chi connectivity index (χ4v) is 4.50. The summed E-state index contributed by atoms with van der Waals surface area (Å²) in [6, 6.07) is 13.8. The topological polar surface area (TPSA) is 144 Å². The van der Waals surface area contributed by atoms with Gasteiger partial charge in [-0.2, -0.15) is 10.5 Å². The van der Waals surface area contributed by atoms with E-state index in [0.29, 0.717) is 53.1 Å². The van der Waals surface area contributed by atoms with Gasteiger partial charge in [-0.15, -0.1) is 0 Å². The first-order valence-electron chi connectivity index (χ1n) is 11.8. The van der Waals surface area contributed by atoms with Gasteiger partial charge in [0, 0.05) is 24.8 Å². The van der Waals surface area contributed by atoms with Crippen molar-refractivity contribution in [3.63, 3.8) is 0 Å². The molecule has 1 aliphatic rings. The summed E-state index contributed by atoms with van der Waals surface area (Å²) in [5.74, 6) is -0.501. The van der Waals surface area contributed by atoms with Crippen molar-refractivity contribution in [2.75, 3.05) is 32.7 Å². The Kier molecular flexibility index (Phi) is 9.26. The molecule has 0 saturated heterocycles. The average Bonchev–Trinajstić information content (AvgIpc) is 2.91. The first-order valence-corrected chi connectivity index (χ1v) is 11.8.